The minimum absolute atomic E-state index is 0. The topological polar surface area (TPSA) is 151 Å². The Hall–Kier alpha value is -3.53. The van der Waals surface area contributed by atoms with Gasteiger partial charge < -0.3 is 41.2 Å². The molecule has 1 aliphatic rings. The molecule has 1 amide bonds. The molecule has 4 rings (SSSR count). The fourth-order valence-corrected chi connectivity index (χ4v) is 4.92. The number of hydrogen-bond donors (Lipinski definition) is 5. The normalized spacial score (nSPS) is 17.3. The van der Waals surface area contributed by atoms with Crippen molar-refractivity contribution in [2.45, 2.75) is 18.3 Å². The molecule has 0 radical (unpaired) electrons. The average Bonchev–Trinajstić information content (AvgIpc) is 3.32. The minimum Gasteiger partial charge on any atom is -0.478 e. The molecule has 2 unspecified atom stereocenters. The van der Waals surface area contributed by atoms with Crippen molar-refractivity contribution in [1.29, 1.82) is 0 Å². The molecule has 0 spiro atoms. The molecule has 2 atom stereocenters. The number of hydrogen-bond acceptors (Lipinski definition) is 10. The Morgan fingerprint density at radius 3 is 2.66 bits per heavy atom. The number of anilines is 3. The number of nitrogens with zero attached hydrogens (tertiary/aromatic N) is 2. The van der Waals surface area contributed by atoms with Gasteiger partial charge in [0.1, 0.15) is 5.75 Å². The van der Waals surface area contributed by atoms with Gasteiger partial charge in [-0.3, -0.25) is 4.79 Å². The monoisotopic (exact) mass is 576 g/mol. The highest BCUT2D eigenvalue weighted by Gasteiger charge is 2.52. The Bertz CT molecular complexity index is 1340. The number of nitrogens with two attached hydrogens (primary N) is 1. The van der Waals surface area contributed by atoms with Crippen molar-refractivity contribution < 1.29 is 37.3 Å². The molecule has 0 saturated heterocycles. The maximum absolute atomic E-state index is 12.7. The van der Waals surface area contributed by atoms with E-state index in [1.807, 2.05) is 0 Å². The van der Waals surface area contributed by atoms with Crippen LogP contribution >= 0.6 is 23.7 Å². The third kappa shape index (κ3) is 5.80. The molecular weight excluding hydrogens is 553 g/mol. The van der Waals surface area contributed by atoms with Crippen LogP contribution in [-0.4, -0.2) is 67.5 Å². The lowest BCUT2D eigenvalue weighted by Gasteiger charge is -2.42. The Kier molecular flexibility index (Phi) is 8.45. The number of carboxylic acids is 1. The fraction of sp³-hybridized carbons (Fsp3) is 0.318. The predicted molar refractivity (Wildman–Crippen MR) is 138 cm³/mol. The number of carbonyl (C=O) groups excluding carboxylic acids is 1. The number of fused-ring (bicyclic) bond motifs is 2. The predicted octanol–water partition coefficient (Wildman–Crippen LogP) is 3.03. The molecule has 0 fully saturated rings. The first-order chi connectivity index (χ1) is 17.4. The molecule has 1 aliphatic heterocycles. The lowest BCUT2D eigenvalue weighted by atomic mass is 10.1. The lowest BCUT2D eigenvalue weighted by molar-refractivity contribution is -0.274. The summed E-state index contributed by atoms with van der Waals surface area (Å²) in [5, 5.41) is 18.8. The van der Waals surface area contributed by atoms with Crippen LogP contribution in [0.25, 0.3) is 10.2 Å². The molecule has 16 heteroatoms. The minimum atomic E-state index is -4.85. The Balaban J connectivity index is 0.00000400. The standard InChI is InChI=1S/C22H23F3N6O5S.ClH/c1-27-7-8-35-17(18(26)32)21(29-14-9-11(19(33)34)3-6-15(14)31(21)2)30-20-28-13-5-4-12(10-16(13)37-20)36-22(23,24)25;/h3-6,9-10,17,27,29H,7-8H2,1-2H3,(H2,26,32)(H,28,30)(H,33,34);1H. The maximum Gasteiger partial charge on any atom is 0.573 e. The van der Waals surface area contributed by atoms with E-state index >= 15 is 0 Å². The van der Waals surface area contributed by atoms with Gasteiger partial charge in [0.25, 0.3) is 5.91 Å². The number of nitrogens with one attached hydrogen (secondary N) is 3. The summed E-state index contributed by atoms with van der Waals surface area (Å²) in [6, 6.07) is 8.11. The smallest absolute Gasteiger partial charge is 0.478 e. The summed E-state index contributed by atoms with van der Waals surface area (Å²) in [4.78, 5) is 30.2. The van der Waals surface area contributed by atoms with E-state index in [1.165, 1.54) is 24.3 Å². The van der Waals surface area contributed by atoms with Crippen LogP contribution < -0.4 is 31.3 Å². The van der Waals surface area contributed by atoms with E-state index in [4.69, 9.17) is 10.5 Å². The molecular formula is C22H24ClF3N6O5S. The molecule has 0 saturated carbocycles. The van der Waals surface area contributed by atoms with Gasteiger partial charge in [-0.15, -0.1) is 25.6 Å². The van der Waals surface area contributed by atoms with Crippen molar-refractivity contribution >= 4 is 62.3 Å². The summed E-state index contributed by atoms with van der Waals surface area (Å²) in [6.07, 6.45) is -6.16. The summed E-state index contributed by atoms with van der Waals surface area (Å²) < 4.78 is 48.2. The number of benzene rings is 2. The maximum atomic E-state index is 12.7. The number of primary amides is 1. The van der Waals surface area contributed by atoms with Gasteiger partial charge in [-0.25, -0.2) is 9.78 Å². The largest absolute Gasteiger partial charge is 0.573 e. The third-order valence-corrected chi connectivity index (χ3v) is 6.56. The number of ether oxygens (including phenoxy) is 2. The van der Waals surface area contributed by atoms with E-state index in [9.17, 15) is 27.9 Å². The Morgan fingerprint density at radius 1 is 1.29 bits per heavy atom. The molecule has 6 N–H and O–H groups in total. The number of amides is 1. The number of rotatable bonds is 10. The van der Waals surface area contributed by atoms with E-state index in [0.29, 0.717) is 28.1 Å². The number of carboxylic acid groups (broad SMARTS) is 1. The van der Waals surface area contributed by atoms with Crippen molar-refractivity contribution in [3.63, 3.8) is 0 Å². The van der Waals surface area contributed by atoms with Gasteiger partial charge in [0.15, 0.2) is 11.2 Å². The SMILES string of the molecule is CNCCOC(C(N)=O)C1(Nc2nc3ccc(OC(F)(F)F)cc3s2)Nc2cc(C(=O)O)ccc2N1C.Cl. The highest BCUT2D eigenvalue weighted by molar-refractivity contribution is 7.22. The van der Waals surface area contributed by atoms with E-state index in [0.717, 1.165) is 17.4 Å². The van der Waals surface area contributed by atoms with Gasteiger partial charge >= 0.3 is 12.3 Å². The average molecular weight is 577 g/mol. The summed E-state index contributed by atoms with van der Waals surface area (Å²) in [6.45, 7) is 0.514. The fourth-order valence-electron chi connectivity index (χ4n) is 3.97. The van der Waals surface area contributed by atoms with Gasteiger partial charge in [0.2, 0.25) is 5.79 Å². The summed E-state index contributed by atoms with van der Waals surface area (Å²) in [5.74, 6) is -3.92. The first kappa shape index (κ1) is 29.0. The summed E-state index contributed by atoms with van der Waals surface area (Å²) >= 11 is 1.02. The first-order valence-electron chi connectivity index (χ1n) is 10.8. The third-order valence-electron chi connectivity index (χ3n) is 5.62. The van der Waals surface area contributed by atoms with E-state index in [2.05, 4.69) is 25.7 Å². The Morgan fingerprint density at radius 2 is 2.03 bits per heavy atom. The lowest BCUT2D eigenvalue weighted by Crippen LogP contribution is -2.67. The zero-order valence-corrected chi connectivity index (χ0v) is 21.6. The first-order valence-corrected chi connectivity index (χ1v) is 11.6. The number of halogens is 4. The van der Waals surface area contributed by atoms with Crippen LogP contribution in [0, 0.1) is 0 Å². The van der Waals surface area contributed by atoms with Crippen molar-refractivity contribution in [1.82, 2.24) is 10.3 Å². The zero-order chi connectivity index (χ0) is 27.0. The van der Waals surface area contributed by atoms with Crippen molar-refractivity contribution in [2.75, 3.05) is 42.8 Å². The van der Waals surface area contributed by atoms with Crippen molar-refractivity contribution in [3.8, 4) is 5.75 Å². The van der Waals surface area contributed by atoms with Crippen LogP contribution in [0.3, 0.4) is 0 Å². The van der Waals surface area contributed by atoms with E-state index in [-0.39, 0.29) is 29.7 Å². The Labute approximate surface area is 224 Å². The van der Waals surface area contributed by atoms with Gasteiger partial charge in [-0.1, -0.05) is 11.3 Å². The van der Waals surface area contributed by atoms with Crippen LogP contribution in [0.15, 0.2) is 36.4 Å². The number of aromatic nitrogens is 1. The van der Waals surface area contributed by atoms with Gasteiger partial charge in [-0.05, 0) is 37.4 Å². The molecule has 206 valence electrons. The van der Waals surface area contributed by atoms with Crippen LogP contribution in [0.1, 0.15) is 10.4 Å². The van der Waals surface area contributed by atoms with Crippen molar-refractivity contribution in [2.24, 2.45) is 5.73 Å². The summed E-state index contributed by atoms with van der Waals surface area (Å²) in [5.41, 5.74) is 7.07. The molecule has 1 aromatic heterocycles. The second-order valence-electron chi connectivity index (χ2n) is 8.07. The van der Waals surface area contributed by atoms with E-state index < -0.39 is 35.9 Å². The molecule has 11 nitrogen and oxygen atoms in total. The number of likely N-dealkylation sites (N-methyl/N-ethyl adjacent to an activating group) is 2. The quantitative estimate of drug-likeness (QED) is 0.228. The van der Waals surface area contributed by atoms with Crippen LogP contribution in [-0.2, 0) is 9.53 Å². The molecule has 0 aliphatic carbocycles. The molecule has 0 bridgehead atoms. The van der Waals surface area contributed by atoms with Crippen LogP contribution in [0.5, 0.6) is 5.75 Å². The number of carbonyl (C=O) groups is 2. The second-order valence-corrected chi connectivity index (χ2v) is 9.10. The number of thiazole rings is 1. The van der Waals surface area contributed by atoms with Crippen LogP contribution in [0.4, 0.5) is 29.7 Å². The van der Waals surface area contributed by atoms with E-state index in [1.54, 1.807) is 25.1 Å². The highest BCUT2D eigenvalue weighted by Crippen LogP contribution is 2.43. The number of aromatic carboxylic acids is 1. The summed E-state index contributed by atoms with van der Waals surface area (Å²) in [7, 11) is 3.35. The molecule has 3 aromatic rings. The molecule has 38 heavy (non-hydrogen) atoms. The van der Waals surface area contributed by atoms with Gasteiger partial charge in [-0.2, -0.15) is 0 Å². The zero-order valence-electron chi connectivity index (χ0n) is 20.0. The second kappa shape index (κ2) is 11.1. The highest BCUT2D eigenvalue weighted by atomic mass is 35.5. The van der Waals surface area contributed by atoms with Gasteiger partial charge in [0.05, 0.1) is 33.8 Å². The molecule has 2 aromatic carbocycles. The van der Waals surface area contributed by atoms with Gasteiger partial charge in [0, 0.05) is 19.7 Å². The van der Waals surface area contributed by atoms with Crippen LogP contribution in [0.2, 0.25) is 0 Å². The molecule has 2 heterocycles. The number of alkyl halides is 3. The van der Waals surface area contributed by atoms with Crippen molar-refractivity contribution in [3.05, 3.63) is 42.0 Å².